The number of amidine groups is 1. The Hall–Kier alpha value is -1.93. The molecule has 0 bridgehead atoms. The number of benzene rings is 1. The number of nitrogen functional groups attached to an aromatic ring is 1. The van der Waals surface area contributed by atoms with Gasteiger partial charge < -0.3 is 5.73 Å². The second kappa shape index (κ2) is 5.81. The molecule has 0 aliphatic heterocycles. The van der Waals surface area contributed by atoms with Gasteiger partial charge in [0, 0.05) is 4.47 Å². The van der Waals surface area contributed by atoms with Crippen molar-refractivity contribution in [1.29, 1.82) is 0 Å². The third-order valence-corrected chi connectivity index (χ3v) is 3.24. The number of aryl methyl sites for hydroxylation is 1. The highest BCUT2D eigenvalue weighted by Gasteiger charge is 2.13. The van der Waals surface area contributed by atoms with Crippen molar-refractivity contribution in [3.63, 3.8) is 0 Å². The molecule has 0 amide bonds. The van der Waals surface area contributed by atoms with E-state index >= 15 is 0 Å². The molecule has 0 atom stereocenters. The summed E-state index contributed by atoms with van der Waals surface area (Å²) in [7, 11) is 0. The minimum Gasteiger partial charge on any atom is -0.379 e. The summed E-state index contributed by atoms with van der Waals surface area (Å²) in [6.07, 6.45) is 0.913. The Kier molecular flexibility index (Phi) is 4.13. The fraction of sp³-hybridized carbons (Fsp3) is 0.182. The van der Waals surface area contributed by atoms with Gasteiger partial charge in [-0.05, 0) is 34.4 Å². The zero-order valence-electron chi connectivity index (χ0n) is 10.1. The van der Waals surface area contributed by atoms with Gasteiger partial charge in [-0.2, -0.15) is 0 Å². The van der Waals surface area contributed by atoms with Gasteiger partial charge >= 0.3 is 0 Å². The zero-order chi connectivity index (χ0) is 13.8. The summed E-state index contributed by atoms with van der Waals surface area (Å²) in [6.45, 7) is 2.06. The van der Waals surface area contributed by atoms with Crippen molar-refractivity contribution in [1.82, 2.24) is 15.8 Å². The molecule has 1 heterocycles. The number of nitrogens with two attached hydrogens (primary N) is 1. The molecular formula is C11H12BrN5O2. The minimum atomic E-state index is 0.0459. The standard InChI is InChI=1S/C11H12BrN5O2/c1-2-6-3-4-7(5-8(6)12)14-11(15-18)9-10(13)17-19-16-9/h3-5,18H,2H2,1H3,(H2,13,17)(H,14,15). The Bertz CT molecular complexity index is 611. The summed E-state index contributed by atoms with van der Waals surface area (Å²) in [6, 6.07) is 5.60. The molecule has 100 valence electrons. The third-order valence-electron chi connectivity index (χ3n) is 2.50. The molecular weight excluding hydrogens is 314 g/mol. The van der Waals surface area contributed by atoms with Gasteiger partial charge in [-0.25, -0.2) is 9.62 Å². The molecule has 0 saturated carbocycles. The molecule has 0 saturated heterocycles. The predicted octanol–water partition coefficient (Wildman–Crippen LogP) is 2.03. The molecule has 2 aromatic rings. The van der Waals surface area contributed by atoms with Crippen molar-refractivity contribution in [3.8, 4) is 0 Å². The Morgan fingerprint density at radius 3 is 2.84 bits per heavy atom. The SMILES string of the molecule is CCc1ccc(N=C(NO)c2nonc2N)cc1Br. The van der Waals surface area contributed by atoms with Crippen molar-refractivity contribution in [2.75, 3.05) is 5.73 Å². The first-order chi connectivity index (χ1) is 9.15. The monoisotopic (exact) mass is 325 g/mol. The fourth-order valence-corrected chi connectivity index (χ4v) is 2.16. The van der Waals surface area contributed by atoms with Crippen LogP contribution in [-0.4, -0.2) is 21.4 Å². The maximum absolute atomic E-state index is 9.10. The van der Waals surface area contributed by atoms with Crippen molar-refractivity contribution in [2.24, 2.45) is 4.99 Å². The summed E-state index contributed by atoms with van der Waals surface area (Å²) in [4.78, 5) is 4.20. The number of hydrogen-bond acceptors (Lipinski definition) is 6. The maximum Gasteiger partial charge on any atom is 0.199 e. The van der Waals surface area contributed by atoms with Crippen molar-refractivity contribution in [2.45, 2.75) is 13.3 Å². The second-order valence-corrected chi connectivity index (χ2v) is 4.55. The van der Waals surface area contributed by atoms with E-state index in [-0.39, 0.29) is 17.3 Å². The average Bonchev–Trinajstić information content (AvgIpc) is 2.82. The number of halogens is 1. The Labute approximate surface area is 117 Å². The summed E-state index contributed by atoms with van der Waals surface area (Å²) >= 11 is 3.46. The van der Waals surface area contributed by atoms with Crippen LogP contribution < -0.4 is 11.2 Å². The van der Waals surface area contributed by atoms with E-state index in [9.17, 15) is 0 Å². The van der Waals surface area contributed by atoms with Gasteiger partial charge in [-0.3, -0.25) is 10.7 Å². The van der Waals surface area contributed by atoms with Crippen LogP contribution in [0.25, 0.3) is 0 Å². The lowest BCUT2D eigenvalue weighted by molar-refractivity contribution is 0.234. The quantitative estimate of drug-likeness (QED) is 0.452. The Morgan fingerprint density at radius 1 is 1.53 bits per heavy atom. The van der Waals surface area contributed by atoms with E-state index in [1.54, 1.807) is 0 Å². The maximum atomic E-state index is 9.10. The molecule has 0 aliphatic rings. The molecule has 19 heavy (non-hydrogen) atoms. The number of aliphatic imine (C=N–C) groups is 1. The number of aromatic nitrogens is 2. The fourth-order valence-electron chi connectivity index (χ4n) is 1.51. The van der Waals surface area contributed by atoms with Gasteiger partial charge in [0.05, 0.1) is 5.69 Å². The van der Waals surface area contributed by atoms with Crippen LogP contribution in [0.5, 0.6) is 0 Å². The first-order valence-corrected chi connectivity index (χ1v) is 6.30. The van der Waals surface area contributed by atoms with Crippen LogP contribution in [0.4, 0.5) is 11.5 Å². The van der Waals surface area contributed by atoms with Crippen LogP contribution >= 0.6 is 15.9 Å². The predicted molar refractivity (Wildman–Crippen MR) is 73.3 cm³/mol. The number of rotatable bonds is 3. The van der Waals surface area contributed by atoms with Crippen LogP contribution in [-0.2, 0) is 6.42 Å². The van der Waals surface area contributed by atoms with Gasteiger partial charge in [0.15, 0.2) is 17.3 Å². The molecule has 4 N–H and O–H groups in total. The normalized spacial score (nSPS) is 11.6. The first-order valence-electron chi connectivity index (χ1n) is 5.51. The summed E-state index contributed by atoms with van der Waals surface area (Å²) in [5.41, 5.74) is 9.42. The summed E-state index contributed by atoms with van der Waals surface area (Å²) < 4.78 is 5.40. The van der Waals surface area contributed by atoms with E-state index in [0.717, 1.165) is 10.9 Å². The molecule has 0 unspecified atom stereocenters. The number of hydrogen-bond donors (Lipinski definition) is 3. The van der Waals surface area contributed by atoms with Crippen molar-refractivity contribution in [3.05, 3.63) is 33.9 Å². The third kappa shape index (κ3) is 2.91. The topological polar surface area (TPSA) is 110 Å². The van der Waals surface area contributed by atoms with Gasteiger partial charge in [0.1, 0.15) is 0 Å². The van der Waals surface area contributed by atoms with E-state index in [2.05, 4.69) is 42.8 Å². The largest absolute Gasteiger partial charge is 0.379 e. The van der Waals surface area contributed by atoms with Gasteiger partial charge in [-0.15, -0.1) is 0 Å². The van der Waals surface area contributed by atoms with Crippen LogP contribution in [0, 0.1) is 0 Å². The highest BCUT2D eigenvalue weighted by atomic mass is 79.9. The van der Waals surface area contributed by atoms with Crippen LogP contribution in [0.2, 0.25) is 0 Å². The van der Waals surface area contributed by atoms with Gasteiger partial charge in [0.2, 0.25) is 0 Å². The van der Waals surface area contributed by atoms with Crippen molar-refractivity contribution >= 4 is 33.3 Å². The summed E-state index contributed by atoms with van der Waals surface area (Å²) in [5, 5.41) is 16.1. The second-order valence-electron chi connectivity index (χ2n) is 3.70. The molecule has 0 fully saturated rings. The molecule has 0 radical (unpaired) electrons. The number of hydroxylamine groups is 1. The minimum absolute atomic E-state index is 0.0459. The number of anilines is 1. The van der Waals surface area contributed by atoms with E-state index in [1.807, 2.05) is 23.7 Å². The van der Waals surface area contributed by atoms with Crippen molar-refractivity contribution < 1.29 is 9.84 Å². The molecule has 1 aromatic heterocycles. The van der Waals surface area contributed by atoms with E-state index in [1.165, 1.54) is 5.56 Å². The first kappa shape index (κ1) is 13.5. The average molecular weight is 326 g/mol. The zero-order valence-corrected chi connectivity index (χ0v) is 11.7. The van der Waals surface area contributed by atoms with Crippen LogP contribution in [0.1, 0.15) is 18.2 Å². The lowest BCUT2D eigenvalue weighted by atomic mass is 10.1. The smallest absolute Gasteiger partial charge is 0.199 e. The Morgan fingerprint density at radius 2 is 2.32 bits per heavy atom. The molecule has 0 aliphatic carbocycles. The molecule has 1 aromatic carbocycles. The lowest BCUT2D eigenvalue weighted by Gasteiger charge is -2.04. The molecule has 7 nitrogen and oxygen atoms in total. The number of nitrogens with one attached hydrogen (secondary N) is 1. The molecule has 8 heteroatoms. The van der Waals surface area contributed by atoms with E-state index in [0.29, 0.717) is 5.69 Å². The highest BCUT2D eigenvalue weighted by molar-refractivity contribution is 9.10. The lowest BCUT2D eigenvalue weighted by Crippen LogP contribution is -2.21. The number of nitrogens with zero attached hydrogens (tertiary/aromatic N) is 3. The molecule has 0 spiro atoms. The molecule has 2 rings (SSSR count). The van der Waals surface area contributed by atoms with Crippen LogP contribution in [0.15, 0.2) is 32.3 Å². The van der Waals surface area contributed by atoms with E-state index < -0.39 is 0 Å². The highest BCUT2D eigenvalue weighted by Crippen LogP contribution is 2.24. The van der Waals surface area contributed by atoms with Gasteiger partial charge in [-0.1, -0.05) is 28.9 Å². The van der Waals surface area contributed by atoms with Crippen LogP contribution in [0.3, 0.4) is 0 Å². The van der Waals surface area contributed by atoms with Gasteiger partial charge in [0.25, 0.3) is 0 Å². The summed E-state index contributed by atoms with van der Waals surface area (Å²) in [5.74, 6) is 0.111. The Balaban J connectivity index is 2.38. The van der Waals surface area contributed by atoms with E-state index in [4.69, 9.17) is 10.9 Å².